The Balaban J connectivity index is 2.17. The number of hydrogen-bond acceptors (Lipinski definition) is 3. The van der Waals surface area contributed by atoms with Crippen molar-refractivity contribution in [3.05, 3.63) is 41.9 Å². The first-order valence-corrected chi connectivity index (χ1v) is 6.21. The van der Waals surface area contributed by atoms with Gasteiger partial charge in [-0.15, -0.1) is 0 Å². The molecule has 0 radical (unpaired) electrons. The number of carboxylic acid groups (broad SMARTS) is 1. The molecule has 1 atom stereocenters. The number of nitrogens with one attached hydrogen (secondary N) is 1. The van der Waals surface area contributed by atoms with Crippen molar-refractivity contribution in [2.75, 3.05) is 0 Å². The van der Waals surface area contributed by atoms with Gasteiger partial charge in [-0.3, -0.25) is 4.79 Å². The van der Waals surface area contributed by atoms with E-state index in [1.807, 2.05) is 12.1 Å². The molecule has 100 valence electrons. The van der Waals surface area contributed by atoms with Crippen LogP contribution in [-0.4, -0.2) is 21.0 Å². The fraction of sp³-hybridized carbons (Fsp3) is 0.286. The number of carbonyl (C=O) groups is 1. The van der Waals surface area contributed by atoms with Crippen LogP contribution in [-0.2, 0) is 11.2 Å². The number of imidazole rings is 1. The number of aromatic nitrogens is 2. The van der Waals surface area contributed by atoms with Crippen molar-refractivity contribution in [3.8, 4) is 11.3 Å². The molecule has 0 saturated carbocycles. The van der Waals surface area contributed by atoms with Crippen LogP contribution in [0.25, 0.3) is 11.3 Å². The predicted octanol–water partition coefficient (Wildman–Crippen LogP) is 2.11. The van der Waals surface area contributed by atoms with E-state index in [1.165, 1.54) is 5.56 Å². The maximum Gasteiger partial charge on any atom is 0.305 e. The number of rotatable bonds is 5. The Bertz CT molecular complexity index is 560. The van der Waals surface area contributed by atoms with Crippen LogP contribution in [0.3, 0.4) is 0 Å². The number of carboxylic acids is 1. The summed E-state index contributed by atoms with van der Waals surface area (Å²) in [5.41, 5.74) is 8.89. The van der Waals surface area contributed by atoms with Gasteiger partial charge in [-0.1, -0.05) is 31.2 Å². The molecule has 0 aliphatic rings. The second-order valence-corrected chi connectivity index (χ2v) is 4.44. The molecule has 0 amide bonds. The molecular formula is C14H17N3O2. The lowest BCUT2D eigenvalue weighted by Gasteiger charge is -2.04. The topological polar surface area (TPSA) is 92.0 Å². The Morgan fingerprint density at radius 1 is 1.42 bits per heavy atom. The van der Waals surface area contributed by atoms with E-state index in [0.717, 1.165) is 17.7 Å². The summed E-state index contributed by atoms with van der Waals surface area (Å²) in [5, 5.41) is 8.71. The number of aryl methyl sites for hydroxylation is 1. The Hall–Kier alpha value is -2.14. The monoisotopic (exact) mass is 259 g/mol. The van der Waals surface area contributed by atoms with Gasteiger partial charge in [-0.2, -0.15) is 0 Å². The SMILES string of the molecule is CCc1ccc(-c2cnc(C(N)CC(=O)O)[nH]2)cc1. The Labute approximate surface area is 111 Å². The Kier molecular flexibility index (Phi) is 3.97. The number of H-pyrrole nitrogens is 1. The molecule has 1 aromatic carbocycles. The van der Waals surface area contributed by atoms with E-state index in [2.05, 4.69) is 29.0 Å². The number of aromatic amines is 1. The largest absolute Gasteiger partial charge is 0.481 e. The highest BCUT2D eigenvalue weighted by molar-refractivity contribution is 5.67. The van der Waals surface area contributed by atoms with Crippen LogP contribution in [0, 0.1) is 0 Å². The average molecular weight is 259 g/mol. The second kappa shape index (κ2) is 5.67. The van der Waals surface area contributed by atoms with Gasteiger partial charge in [-0.25, -0.2) is 4.98 Å². The molecule has 0 bridgehead atoms. The molecule has 5 heteroatoms. The maximum absolute atomic E-state index is 10.6. The van der Waals surface area contributed by atoms with Gasteiger partial charge in [0.15, 0.2) is 0 Å². The predicted molar refractivity (Wildman–Crippen MR) is 72.6 cm³/mol. The first kappa shape index (κ1) is 13.3. The van der Waals surface area contributed by atoms with Crippen LogP contribution < -0.4 is 5.73 Å². The maximum atomic E-state index is 10.6. The van der Waals surface area contributed by atoms with E-state index in [1.54, 1.807) is 6.20 Å². The van der Waals surface area contributed by atoms with Crippen LogP contribution in [0.4, 0.5) is 0 Å². The first-order chi connectivity index (χ1) is 9.10. The zero-order chi connectivity index (χ0) is 13.8. The van der Waals surface area contributed by atoms with Gasteiger partial charge in [-0.05, 0) is 17.5 Å². The zero-order valence-corrected chi connectivity index (χ0v) is 10.8. The molecule has 1 heterocycles. The molecule has 0 spiro atoms. The summed E-state index contributed by atoms with van der Waals surface area (Å²) in [4.78, 5) is 17.8. The molecular weight excluding hydrogens is 242 g/mol. The van der Waals surface area contributed by atoms with Crippen LogP contribution in [0.15, 0.2) is 30.5 Å². The number of benzene rings is 1. The summed E-state index contributed by atoms with van der Waals surface area (Å²) in [7, 11) is 0. The average Bonchev–Trinajstić information content (AvgIpc) is 2.88. The number of nitrogens with two attached hydrogens (primary N) is 1. The highest BCUT2D eigenvalue weighted by atomic mass is 16.4. The van der Waals surface area contributed by atoms with Crippen molar-refractivity contribution in [1.29, 1.82) is 0 Å². The molecule has 0 fully saturated rings. The van der Waals surface area contributed by atoms with Gasteiger partial charge in [0.1, 0.15) is 5.82 Å². The van der Waals surface area contributed by atoms with Crippen molar-refractivity contribution < 1.29 is 9.90 Å². The van der Waals surface area contributed by atoms with E-state index < -0.39 is 12.0 Å². The van der Waals surface area contributed by atoms with Crippen molar-refractivity contribution in [3.63, 3.8) is 0 Å². The van der Waals surface area contributed by atoms with Gasteiger partial charge in [0.25, 0.3) is 0 Å². The van der Waals surface area contributed by atoms with Gasteiger partial charge in [0.2, 0.25) is 0 Å². The normalized spacial score (nSPS) is 12.3. The molecule has 4 N–H and O–H groups in total. The minimum Gasteiger partial charge on any atom is -0.481 e. The van der Waals surface area contributed by atoms with Crippen LogP contribution in [0.2, 0.25) is 0 Å². The van der Waals surface area contributed by atoms with Crippen molar-refractivity contribution in [2.24, 2.45) is 5.73 Å². The Morgan fingerprint density at radius 3 is 2.68 bits per heavy atom. The van der Waals surface area contributed by atoms with Gasteiger partial charge < -0.3 is 15.8 Å². The summed E-state index contributed by atoms with van der Waals surface area (Å²) in [6.45, 7) is 2.11. The van der Waals surface area contributed by atoms with Gasteiger partial charge >= 0.3 is 5.97 Å². The minimum atomic E-state index is -0.933. The van der Waals surface area contributed by atoms with Crippen LogP contribution in [0.5, 0.6) is 0 Å². The number of nitrogens with zero attached hydrogens (tertiary/aromatic N) is 1. The smallest absolute Gasteiger partial charge is 0.305 e. The first-order valence-electron chi connectivity index (χ1n) is 6.21. The molecule has 2 rings (SSSR count). The quantitative estimate of drug-likeness (QED) is 0.766. The summed E-state index contributed by atoms with van der Waals surface area (Å²) in [6.07, 6.45) is 2.54. The Morgan fingerprint density at radius 2 is 2.11 bits per heavy atom. The third-order valence-corrected chi connectivity index (χ3v) is 3.01. The van der Waals surface area contributed by atoms with E-state index in [9.17, 15) is 4.79 Å². The van der Waals surface area contributed by atoms with E-state index in [-0.39, 0.29) is 6.42 Å². The van der Waals surface area contributed by atoms with Gasteiger partial charge in [0.05, 0.1) is 24.4 Å². The van der Waals surface area contributed by atoms with E-state index >= 15 is 0 Å². The minimum absolute atomic E-state index is 0.137. The molecule has 1 unspecified atom stereocenters. The lowest BCUT2D eigenvalue weighted by molar-refractivity contribution is -0.137. The number of aliphatic carboxylic acids is 1. The summed E-state index contributed by atoms with van der Waals surface area (Å²) in [5.74, 6) is -0.435. The summed E-state index contributed by atoms with van der Waals surface area (Å²) < 4.78 is 0. The highest BCUT2D eigenvalue weighted by Gasteiger charge is 2.14. The van der Waals surface area contributed by atoms with E-state index in [0.29, 0.717) is 5.82 Å². The second-order valence-electron chi connectivity index (χ2n) is 4.44. The fourth-order valence-electron chi connectivity index (χ4n) is 1.88. The highest BCUT2D eigenvalue weighted by Crippen LogP contribution is 2.20. The standard InChI is InChI=1S/C14H17N3O2/c1-2-9-3-5-10(6-4-9)12-8-16-14(17-12)11(15)7-13(18)19/h3-6,8,11H,2,7,15H2,1H3,(H,16,17)(H,18,19). The lowest BCUT2D eigenvalue weighted by atomic mass is 10.1. The van der Waals surface area contributed by atoms with Crippen molar-refractivity contribution in [1.82, 2.24) is 9.97 Å². The van der Waals surface area contributed by atoms with Crippen LogP contribution in [0.1, 0.15) is 30.8 Å². The van der Waals surface area contributed by atoms with Crippen molar-refractivity contribution >= 4 is 5.97 Å². The summed E-state index contributed by atoms with van der Waals surface area (Å²) in [6, 6.07) is 7.54. The molecule has 0 aliphatic carbocycles. The molecule has 0 aliphatic heterocycles. The molecule has 2 aromatic rings. The zero-order valence-electron chi connectivity index (χ0n) is 10.8. The molecule has 5 nitrogen and oxygen atoms in total. The van der Waals surface area contributed by atoms with Crippen LogP contribution >= 0.6 is 0 Å². The third-order valence-electron chi connectivity index (χ3n) is 3.01. The number of hydrogen-bond donors (Lipinski definition) is 3. The molecule has 19 heavy (non-hydrogen) atoms. The lowest BCUT2D eigenvalue weighted by Crippen LogP contribution is -2.16. The van der Waals surface area contributed by atoms with Gasteiger partial charge in [0, 0.05) is 0 Å². The molecule has 1 aromatic heterocycles. The molecule has 0 saturated heterocycles. The van der Waals surface area contributed by atoms with E-state index in [4.69, 9.17) is 10.8 Å². The summed E-state index contributed by atoms with van der Waals surface area (Å²) >= 11 is 0. The fourth-order valence-corrected chi connectivity index (χ4v) is 1.88. The third kappa shape index (κ3) is 3.20. The van der Waals surface area contributed by atoms with Crippen molar-refractivity contribution in [2.45, 2.75) is 25.8 Å².